The molecule has 0 saturated heterocycles. The van der Waals surface area contributed by atoms with E-state index in [1.807, 2.05) is 0 Å². The molecule has 0 aliphatic carbocycles. The number of hydrogen-bond acceptors (Lipinski definition) is 3. The molecule has 1 aromatic heterocycles. The fourth-order valence-corrected chi connectivity index (χ4v) is 2.40. The zero-order valence-electron chi connectivity index (χ0n) is 10.9. The molecule has 0 saturated carbocycles. The van der Waals surface area contributed by atoms with Crippen LogP contribution < -0.4 is 4.74 Å². The predicted molar refractivity (Wildman–Crippen MR) is 72.5 cm³/mol. The second-order valence-corrected chi connectivity index (χ2v) is 4.79. The average Bonchev–Trinajstić information content (AvgIpc) is 2.71. The lowest BCUT2D eigenvalue weighted by molar-refractivity contribution is 0.103. The molecule has 0 amide bonds. The van der Waals surface area contributed by atoms with Crippen LogP contribution in [0.5, 0.6) is 5.75 Å². The molecule has 0 radical (unpaired) electrons. The maximum Gasteiger partial charge on any atom is 0.215 e. The van der Waals surface area contributed by atoms with Crippen molar-refractivity contribution in [2.75, 3.05) is 6.61 Å². The number of aryl methyl sites for hydroxylation is 1. The molecule has 0 fully saturated rings. The molecule has 20 heavy (non-hydrogen) atoms. The summed E-state index contributed by atoms with van der Waals surface area (Å²) in [6.07, 6.45) is 4.13. The Balaban J connectivity index is 2.09. The van der Waals surface area contributed by atoms with Crippen LogP contribution in [-0.2, 0) is 6.42 Å². The highest BCUT2D eigenvalue weighted by atomic mass is 19.1. The van der Waals surface area contributed by atoms with Gasteiger partial charge in [0.2, 0.25) is 5.78 Å². The van der Waals surface area contributed by atoms with E-state index in [-0.39, 0.29) is 11.3 Å². The van der Waals surface area contributed by atoms with Crippen molar-refractivity contribution in [1.82, 2.24) is 4.98 Å². The lowest BCUT2D eigenvalue weighted by Gasteiger charge is -2.12. The molecule has 0 N–H and O–H groups in total. The molecule has 1 aromatic carbocycles. The third-order valence-corrected chi connectivity index (χ3v) is 3.36. The minimum Gasteiger partial charge on any atom is -0.493 e. The molecule has 0 atom stereocenters. The van der Waals surface area contributed by atoms with Crippen LogP contribution >= 0.6 is 0 Å². The standard InChI is InChI=1S/C16H14FNO2/c17-12-9-11-5-2-4-8-20-16(11)13(10-12)15(19)14-6-1-3-7-18-14/h1,3,6-7,9-10H,2,4-5,8H2. The van der Waals surface area contributed by atoms with Gasteiger partial charge < -0.3 is 4.74 Å². The van der Waals surface area contributed by atoms with Crippen LogP contribution in [0, 0.1) is 5.82 Å². The van der Waals surface area contributed by atoms with Crippen molar-refractivity contribution in [2.24, 2.45) is 0 Å². The van der Waals surface area contributed by atoms with Gasteiger partial charge in [-0.1, -0.05) is 6.07 Å². The number of ether oxygens (including phenoxy) is 1. The maximum atomic E-state index is 13.7. The highest BCUT2D eigenvalue weighted by Crippen LogP contribution is 2.31. The van der Waals surface area contributed by atoms with Gasteiger partial charge in [0.15, 0.2) is 0 Å². The smallest absolute Gasteiger partial charge is 0.215 e. The topological polar surface area (TPSA) is 39.2 Å². The summed E-state index contributed by atoms with van der Waals surface area (Å²) in [6.45, 7) is 0.557. The van der Waals surface area contributed by atoms with E-state index in [4.69, 9.17) is 4.74 Å². The van der Waals surface area contributed by atoms with Crippen LogP contribution in [0.4, 0.5) is 4.39 Å². The molecular weight excluding hydrogens is 257 g/mol. The molecule has 2 aromatic rings. The molecule has 0 unspecified atom stereocenters. The summed E-state index contributed by atoms with van der Waals surface area (Å²) in [7, 11) is 0. The Bertz CT molecular complexity index is 640. The Morgan fingerprint density at radius 1 is 1.25 bits per heavy atom. The van der Waals surface area contributed by atoms with Crippen molar-refractivity contribution in [1.29, 1.82) is 0 Å². The number of aromatic nitrogens is 1. The molecule has 3 rings (SSSR count). The Hall–Kier alpha value is -2.23. The summed E-state index contributed by atoms with van der Waals surface area (Å²) >= 11 is 0. The van der Waals surface area contributed by atoms with Crippen LogP contribution in [-0.4, -0.2) is 17.4 Å². The average molecular weight is 271 g/mol. The number of hydrogen-bond donors (Lipinski definition) is 0. The largest absolute Gasteiger partial charge is 0.493 e. The molecule has 102 valence electrons. The minimum atomic E-state index is -0.409. The number of pyridine rings is 1. The predicted octanol–water partition coefficient (Wildman–Crippen LogP) is 3.17. The highest BCUT2D eigenvalue weighted by Gasteiger charge is 2.21. The first-order valence-electron chi connectivity index (χ1n) is 6.66. The molecule has 4 heteroatoms. The van der Waals surface area contributed by atoms with Crippen molar-refractivity contribution in [3.63, 3.8) is 0 Å². The number of halogens is 1. The minimum absolute atomic E-state index is 0.264. The summed E-state index contributed by atoms with van der Waals surface area (Å²) in [4.78, 5) is 16.5. The lowest BCUT2D eigenvalue weighted by atomic mass is 10.00. The van der Waals surface area contributed by atoms with Crippen LogP contribution in [0.25, 0.3) is 0 Å². The van der Waals surface area contributed by atoms with E-state index in [1.165, 1.54) is 12.1 Å². The van der Waals surface area contributed by atoms with Gasteiger partial charge in [-0.25, -0.2) is 4.39 Å². The van der Waals surface area contributed by atoms with Gasteiger partial charge >= 0.3 is 0 Å². The van der Waals surface area contributed by atoms with Crippen LogP contribution in [0.3, 0.4) is 0 Å². The second-order valence-electron chi connectivity index (χ2n) is 4.79. The van der Waals surface area contributed by atoms with Crippen LogP contribution in [0.15, 0.2) is 36.5 Å². The van der Waals surface area contributed by atoms with Gasteiger partial charge in [-0.15, -0.1) is 0 Å². The molecule has 1 aliphatic rings. The fraction of sp³-hybridized carbons (Fsp3) is 0.250. The quantitative estimate of drug-likeness (QED) is 0.787. The zero-order valence-corrected chi connectivity index (χ0v) is 10.9. The number of carbonyl (C=O) groups excluding carboxylic acids is 1. The first kappa shape index (κ1) is 12.8. The Kier molecular flexibility index (Phi) is 3.46. The van der Waals surface area contributed by atoms with Crippen molar-refractivity contribution < 1.29 is 13.9 Å². The van der Waals surface area contributed by atoms with E-state index in [0.717, 1.165) is 24.8 Å². The summed E-state index contributed by atoms with van der Waals surface area (Å²) < 4.78 is 19.4. The molecule has 0 bridgehead atoms. The number of nitrogens with zero attached hydrogens (tertiary/aromatic N) is 1. The van der Waals surface area contributed by atoms with Gasteiger partial charge in [-0.05, 0) is 49.1 Å². The van der Waals surface area contributed by atoms with Crippen molar-refractivity contribution in [3.05, 3.63) is 59.2 Å². The van der Waals surface area contributed by atoms with E-state index in [9.17, 15) is 9.18 Å². The summed E-state index contributed by atoms with van der Waals surface area (Å²) in [5.41, 5.74) is 1.33. The fourth-order valence-electron chi connectivity index (χ4n) is 2.40. The van der Waals surface area contributed by atoms with Crippen LogP contribution in [0.1, 0.15) is 34.5 Å². The Labute approximate surface area is 116 Å². The Morgan fingerprint density at radius 2 is 2.15 bits per heavy atom. The third kappa shape index (κ3) is 2.41. The van der Waals surface area contributed by atoms with Crippen molar-refractivity contribution in [3.8, 4) is 5.75 Å². The first-order chi connectivity index (χ1) is 9.75. The van der Waals surface area contributed by atoms with E-state index < -0.39 is 5.82 Å². The van der Waals surface area contributed by atoms with Crippen molar-refractivity contribution >= 4 is 5.78 Å². The third-order valence-electron chi connectivity index (χ3n) is 3.36. The first-order valence-corrected chi connectivity index (χ1v) is 6.66. The normalized spacial score (nSPS) is 14.1. The highest BCUT2D eigenvalue weighted by molar-refractivity contribution is 6.09. The number of ketones is 1. The number of fused-ring (bicyclic) bond motifs is 1. The lowest BCUT2D eigenvalue weighted by Crippen LogP contribution is -2.09. The number of carbonyl (C=O) groups is 1. The number of benzene rings is 1. The van der Waals surface area contributed by atoms with E-state index >= 15 is 0 Å². The summed E-state index contributed by atoms with van der Waals surface area (Å²) in [5, 5.41) is 0. The monoisotopic (exact) mass is 271 g/mol. The van der Waals surface area contributed by atoms with Gasteiger partial charge in [0.25, 0.3) is 0 Å². The van der Waals surface area contributed by atoms with E-state index in [1.54, 1.807) is 24.4 Å². The molecule has 2 heterocycles. The van der Waals surface area contributed by atoms with Crippen LogP contribution in [0.2, 0.25) is 0 Å². The van der Waals surface area contributed by atoms with Gasteiger partial charge in [0.05, 0.1) is 12.2 Å². The zero-order chi connectivity index (χ0) is 13.9. The SMILES string of the molecule is O=C(c1ccccn1)c1cc(F)cc2c1OCCCC2. The molecular formula is C16H14FNO2. The number of rotatable bonds is 2. The van der Waals surface area contributed by atoms with Crippen molar-refractivity contribution in [2.45, 2.75) is 19.3 Å². The summed E-state index contributed by atoms with van der Waals surface area (Å²) in [5.74, 6) is -0.198. The van der Waals surface area contributed by atoms with E-state index in [0.29, 0.717) is 18.1 Å². The molecule has 1 aliphatic heterocycles. The van der Waals surface area contributed by atoms with Gasteiger partial charge in [0.1, 0.15) is 17.3 Å². The van der Waals surface area contributed by atoms with Gasteiger partial charge in [0, 0.05) is 6.20 Å². The Morgan fingerprint density at radius 3 is 2.95 bits per heavy atom. The van der Waals surface area contributed by atoms with Gasteiger partial charge in [-0.2, -0.15) is 0 Å². The second kappa shape index (κ2) is 5.41. The van der Waals surface area contributed by atoms with E-state index in [2.05, 4.69) is 4.98 Å². The molecule has 3 nitrogen and oxygen atoms in total. The van der Waals surface area contributed by atoms with Gasteiger partial charge in [-0.3, -0.25) is 9.78 Å². The molecule has 0 spiro atoms. The summed E-state index contributed by atoms with van der Waals surface area (Å²) in [6, 6.07) is 7.78. The maximum absolute atomic E-state index is 13.7.